The van der Waals surface area contributed by atoms with Crippen molar-refractivity contribution in [3.8, 4) is 0 Å². The summed E-state index contributed by atoms with van der Waals surface area (Å²) in [6.07, 6.45) is 0. The van der Waals surface area contributed by atoms with Crippen LogP contribution in [0.2, 0.25) is 5.02 Å². The molecule has 26 heavy (non-hydrogen) atoms. The molecule has 0 bridgehead atoms. The lowest BCUT2D eigenvalue weighted by atomic mass is 10.2. The molecule has 3 rings (SSSR count). The summed E-state index contributed by atoms with van der Waals surface area (Å²) in [7, 11) is 0. The van der Waals surface area contributed by atoms with Gasteiger partial charge in [-0.1, -0.05) is 16.8 Å². The zero-order chi connectivity index (χ0) is 18.7. The van der Waals surface area contributed by atoms with E-state index in [-0.39, 0.29) is 16.3 Å². The zero-order valence-electron chi connectivity index (χ0n) is 13.7. The number of nitrogens with one attached hydrogen (secondary N) is 1. The predicted octanol–water partition coefficient (Wildman–Crippen LogP) is 3.04. The Kier molecular flexibility index (Phi) is 5.13. The number of rotatable bonds is 5. The van der Waals surface area contributed by atoms with Gasteiger partial charge in [-0.15, -0.1) is 5.10 Å². The van der Waals surface area contributed by atoms with Gasteiger partial charge in [0.15, 0.2) is 6.61 Å². The number of hydrogen-bond acceptors (Lipinski definition) is 5. The number of carbonyl (C=O) groups is 2. The first kappa shape index (κ1) is 17.8. The highest BCUT2D eigenvalue weighted by molar-refractivity contribution is 6.30. The van der Waals surface area contributed by atoms with Gasteiger partial charge < -0.3 is 10.1 Å². The average molecular weight is 377 g/mol. The Labute approximate surface area is 152 Å². The van der Waals surface area contributed by atoms with E-state index in [2.05, 4.69) is 15.6 Å². The molecule has 0 saturated carbocycles. The number of hydrogen-bond donors (Lipinski definition) is 1. The molecule has 0 radical (unpaired) electrons. The third kappa shape index (κ3) is 3.80. The van der Waals surface area contributed by atoms with Crippen LogP contribution in [0, 0.1) is 5.82 Å². The molecular weight excluding hydrogens is 363 g/mol. The molecule has 2 aromatic carbocycles. The molecule has 0 spiro atoms. The van der Waals surface area contributed by atoms with E-state index in [1.54, 1.807) is 16.8 Å². The lowest BCUT2D eigenvalue weighted by molar-refractivity contribution is -0.119. The van der Waals surface area contributed by atoms with Gasteiger partial charge in [0.25, 0.3) is 5.91 Å². The maximum atomic E-state index is 13.6. The number of nitrogens with zero attached hydrogens (tertiary/aromatic N) is 3. The molecule has 0 aliphatic carbocycles. The van der Waals surface area contributed by atoms with Gasteiger partial charge in [-0.05, 0) is 43.3 Å². The summed E-state index contributed by atoms with van der Waals surface area (Å²) in [5, 5.41) is 10.5. The summed E-state index contributed by atoms with van der Waals surface area (Å²) in [6, 6.07) is 8.55. The molecule has 1 amide bonds. The number of benzene rings is 2. The average Bonchev–Trinajstić information content (AvgIpc) is 3.05. The number of fused-ring (bicyclic) bond motifs is 1. The zero-order valence-corrected chi connectivity index (χ0v) is 14.5. The predicted molar refractivity (Wildman–Crippen MR) is 93.5 cm³/mol. The first-order valence-corrected chi connectivity index (χ1v) is 8.11. The summed E-state index contributed by atoms with van der Waals surface area (Å²) >= 11 is 5.75. The van der Waals surface area contributed by atoms with Crippen molar-refractivity contribution < 1.29 is 18.7 Å². The van der Waals surface area contributed by atoms with Crippen molar-refractivity contribution in [3.05, 3.63) is 52.8 Å². The fraction of sp³-hybridized carbons (Fsp3) is 0.176. The van der Waals surface area contributed by atoms with E-state index < -0.39 is 24.3 Å². The summed E-state index contributed by atoms with van der Waals surface area (Å²) in [5.74, 6) is -2.02. The van der Waals surface area contributed by atoms with Crippen LogP contribution in [0.4, 0.5) is 10.1 Å². The second-order valence-corrected chi connectivity index (χ2v) is 5.79. The van der Waals surface area contributed by atoms with Gasteiger partial charge in [0.05, 0.1) is 16.8 Å². The molecule has 134 valence electrons. The van der Waals surface area contributed by atoms with Crippen LogP contribution >= 0.6 is 11.6 Å². The number of anilines is 1. The van der Waals surface area contributed by atoms with Gasteiger partial charge in [-0.2, -0.15) is 0 Å². The second-order valence-electron chi connectivity index (χ2n) is 5.36. The van der Waals surface area contributed by atoms with Crippen molar-refractivity contribution in [1.82, 2.24) is 15.0 Å². The smallest absolute Gasteiger partial charge is 0.338 e. The highest BCUT2D eigenvalue weighted by Gasteiger charge is 2.14. The maximum absolute atomic E-state index is 13.6. The second kappa shape index (κ2) is 7.49. The molecule has 1 N–H and O–H groups in total. The fourth-order valence-electron chi connectivity index (χ4n) is 2.33. The van der Waals surface area contributed by atoms with Gasteiger partial charge in [-0.3, -0.25) is 4.79 Å². The molecule has 9 heteroatoms. The Bertz CT molecular complexity index is 989. The first-order valence-electron chi connectivity index (χ1n) is 7.73. The van der Waals surface area contributed by atoms with Crippen LogP contribution in [0.5, 0.6) is 0 Å². The van der Waals surface area contributed by atoms with Crippen molar-refractivity contribution in [2.45, 2.75) is 13.5 Å². The Hall–Kier alpha value is -3.00. The van der Waals surface area contributed by atoms with Crippen LogP contribution in [0.15, 0.2) is 36.4 Å². The van der Waals surface area contributed by atoms with Crippen LogP contribution < -0.4 is 5.32 Å². The number of carbonyl (C=O) groups excluding carboxylic acids is 2. The van der Waals surface area contributed by atoms with Gasteiger partial charge in [0, 0.05) is 11.6 Å². The summed E-state index contributed by atoms with van der Waals surface area (Å²) in [6.45, 7) is 2.02. The number of halogens is 2. The van der Waals surface area contributed by atoms with Crippen LogP contribution in [-0.2, 0) is 16.1 Å². The van der Waals surface area contributed by atoms with E-state index in [0.717, 1.165) is 11.6 Å². The number of esters is 1. The van der Waals surface area contributed by atoms with Crippen molar-refractivity contribution in [2.75, 3.05) is 11.9 Å². The van der Waals surface area contributed by atoms with Crippen LogP contribution in [-0.4, -0.2) is 33.5 Å². The highest BCUT2D eigenvalue weighted by atomic mass is 35.5. The molecule has 7 nitrogen and oxygen atoms in total. The standard InChI is InChI=1S/C17H14ClFN4O3/c1-2-23-15-6-3-10(7-14(15)21-22-23)17(25)26-9-16(24)20-13-8-11(18)4-5-12(13)19/h3-8H,2,9H2,1H3,(H,20,24). The molecule has 0 unspecified atom stereocenters. The molecule has 0 aliphatic heterocycles. The minimum Gasteiger partial charge on any atom is -0.452 e. The fourth-order valence-corrected chi connectivity index (χ4v) is 2.50. The van der Waals surface area contributed by atoms with Gasteiger partial charge >= 0.3 is 5.97 Å². The molecular formula is C17H14ClFN4O3. The minimum absolute atomic E-state index is 0.0869. The molecule has 1 heterocycles. The van der Waals surface area contributed by atoms with E-state index >= 15 is 0 Å². The molecule has 0 aliphatic rings. The molecule has 0 saturated heterocycles. The van der Waals surface area contributed by atoms with E-state index in [4.69, 9.17) is 16.3 Å². The summed E-state index contributed by atoms with van der Waals surface area (Å²) in [5.41, 5.74) is 1.49. The lowest BCUT2D eigenvalue weighted by Crippen LogP contribution is -2.21. The van der Waals surface area contributed by atoms with Crippen molar-refractivity contribution >= 4 is 40.2 Å². The van der Waals surface area contributed by atoms with Crippen molar-refractivity contribution in [3.63, 3.8) is 0 Å². The van der Waals surface area contributed by atoms with Gasteiger partial charge in [0.1, 0.15) is 11.3 Å². The molecule has 0 fully saturated rings. The Balaban J connectivity index is 1.63. The number of ether oxygens (including phenoxy) is 1. The SMILES string of the molecule is CCn1nnc2cc(C(=O)OCC(=O)Nc3cc(Cl)ccc3F)ccc21. The number of amides is 1. The summed E-state index contributed by atoms with van der Waals surface area (Å²) in [4.78, 5) is 23.9. The third-order valence-electron chi connectivity index (χ3n) is 3.59. The third-order valence-corrected chi connectivity index (χ3v) is 3.82. The van der Waals surface area contributed by atoms with Gasteiger partial charge in [0.2, 0.25) is 0 Å². The molecule has 0 atom stereocenters. The van der Waals surface area contributed by atoms with E-state index in [9.17, 15) is 14.0 Å². The number of aryl methyl sites for hydroxylation is 1. The Morgan fingerprint density at radius 1 is 1.27 bits per heavy atom. The van der Waals surface area contributed by atoms with E-state index in [0.29, 0.717) is 12.1 Å². The normalized spacial score (nSPS) is 10.7. The number of aromatic nitrogens is 3. The van der Waals surface area contributed by atoms with E-state index in [1.807, 2.05) is 6.92 Å². The summed E-state index contributed by atoms with van der Waals surface area (Å²) < 4.78 is 20.2. The van der Waals surface area contributed by atoms with Crippen LogP contribution in [0.3, 0.4) is 0 Å². The largest absolute Gasteiger partial charge is 0.452 e. The Morgan fingerprint density at radius 3 is 2.85 bits per heavy atom. The Morgan fingerprint density at radius 2 is 2.08 bits per heavy atom. The molecule has 1 aromatic heterocycles. The van der Waals surface area contributed by atoms with Gasteiger partial charge in [-0.25, -0.2) is 13.9 Å². The van der Waals surface area contributed by atoms with Crippen LogP contribution in [0.25, 0.3) is 11.0 Å². The minimum atomic E-state index is -0.695. The van der Waals surface area contributed by atoms with E-state index in [1.165, 1.54) is 18.2 Å². The highest BCUT2D eigenvalue weighted by Crippen LogP contribution is 2.19. The topological polar surface area (TPSA) is 86.1 Å². The van der Waals surface area contributed by atoms with Crippen molar-refractivity contribution in [1.29, 1.82) is 0 Å². The monoisotopic (exact) mass is 376 g/mol. The maximum Gasteiger partial charge on any atom is 0.338 e. The lowest BCUT2D eigenvalue weighted by Gasteiger charge is -2.08. The first-order chi connectivity index (χ1) is 12.5. The van der Waals surface area contributed by atoms with Crippen molar-refractivity contribution in [2.24, 2.45) is 0 Å². The quantitative estimate of drug-likeness (QED) is 0.692. The molecule has 3 aromatic rings. The van der Waals surface area contributed by atoms with Crippen LogP contribution in [0.1, 0.15) is 17.3 Å².